The molecular formula is C16H20N4O2. The van der Waals surface area contributed by atoms with Gasteiger partial charge in [-0.3, -0.25) is 9.59 Å². The summed E-state index contributed by atoms with van der Waals surface area (Å²) in [5.74, 6) is -0.221. The largest absolute Gasteiger partial charge is 0.354 e. The zero-order valence-electron chi connectivity index (χ0n) is 12.7. The number of nitrogens with zero attached hydrogens (tertiary/aromatic N) is 2. The lowest BCUT2D eigenvalue weighted by atomic mass is 10.2. The van der Waals surface area contributed by atoms with Gasteiger partial charge in [0.1, 0.15) is 0 Å². The van der Waals surface area contributed by atoms with E-state index in [0.29, 0.717) is 18.7 Å². The second-order valence-electron chi connectivity index (χ2n) is 5.22. The second kappa shape index (κ2) is 7.40. The zero-order chi connectivity index (χ0) is 15.9. The first-order valence-electron chi connectivity index (χ1n) is 7.22. The third kappa shape index (κ3) is 4.18. The number of nitrogens with one attached hydrogen (secondary N) is 2. The fourth-order valence-electron chi connectivity index (χ4n) is 1.86. The monoisotopic (exact) mass is 300 g/mol. The maximum Gasteiger partial charge on any atom is 0.251 e. The Bertz CT molecular complexity index is 618. The first-order chi connectivity index (χ1) is 10.6. The Balaban J connectivity index is 1.82. The lowest BCUT2D eigenvalue weighted by molar-refractivity contribution is -0.123. The summed E-state index contributed by atoms with van der Waals surface area (Å²) >= 11 is 0. The highest BCUT2D eigenvalue weighted by molar-refractivity contribution is 5.94. The summed E-state index contributed by atoms with van der Waals surface area (Å²) in [6.07, 6.45) is 5.24. The maximum atomic E-state index is 12.0. The molecule has 0 saturated heterocycles. The second-order valence-corrected chi connectivity index (χ2v) is 5.22. The van der Waals surface area contributed by atoms with Gasteiger partial charge in [-0.25, -0.2) is 4.98 Å². The van der Waals surface area contributed by atoms with Crippen LogP contribution in [0.2, 0.25) is 0 Å². The van der Waals surface area contributed by atoms with E-state index in [1.54, 1.807) is 24.7 Å². The smallest absolute Gasteiger partial charge is 0.251 e. The molecule has 2 amide bonds. The van der Waals surface area contributed by atoms with E-state index >= 15 is 0 Å². The summed E-state index contributed by atoms with van der Waals surface area (Å²) in [7, 11) is 0. The van der Waals surface area contributed by atoms with Crippen LogP contribution in [0, 0.1) is 5.92 Å². The Kier molecular flexibility index (Phi) is 5.30. The van der Waals surface area contributed by atoms with Crippen LogP contribution in [0.1, 0.15) is 24.2 Å². The molecule has 2 aromatic rings. The van der Waals surface area contributed by atoms with Gasteiger partial charge in [0.25, 0.3) is 5.91 Å². The van der Waals surface area contributed by atoms with Crippen LogP contribution < -0.4 is 10.6 Å². The Labute approximate surface area is 129 Å². The number of imidazole rings is 1. The minimum absolute atomic E-state index is 0.0149. The van der Waals surface area contributed by atoms with Crippen molar-refractivity contribution in [1.29, 1.82) is 0 Å². The molecule has 6 nitrogen and oxygen atoms in total. The Morgan fingerprint density at radius 2 is 1.82 bits per heavy atom. The van der Waals surface area contributed by atoms with Crippen LogP contribution in [0.4, 0.5) is 0 Å². The van der Waals surface area contributed by atoms with Crippen molar-refractivity contribution in [3.63, 3.8) is 0 Å². The van der Waals surface area contributed by atoms with Gasteiger partial charge in [0.05, 0.1) is 6.33 Å². The van der Waals surface area contributed by atoms with Gasteiger partial charge in [0, 0.05) is 42.7 Å². The molecule has 1 aromatic carbocycles. The number of hydrogen-bond donors (Lipinski definition) is 2. The molecule has 116 valence electrons. The molecule has 0 aliphatic rings. The number of hydrogen-bond acceptors (Lipinski definition) is 3. The minimum Gasteiger partial charge on any atom is -0.354 e. The first kappa shape index (κ1) is 15.8. The Morgan fingerprint density at radius 3 is 2.41 bits per heavy atom. The van der Waals surface area contributed by atoms with Gasteiger partial charge in [0.15, 0.2) is 0 Å². The van der Waals surface area contributed by atoms with Crippen LogP contribution in [0.5, 0.6) is 0 Å². The van der Waals surface area contributed by atoms with Gasteiger partial charge in [-0.15, -0.1) is 0 Å². The van der Waals surface area contributed by atoms with Crippen molar-refractivity contribution in [3.05, 3.63) is 48.5 Å². The fourth-order valence-corrected chi connectivity index (χ4v) is 1.86. The number of carbonyl (C=O) groups excluding carboxylic acids is 2. The average molecular weight is 300 g/mol. The number of benzene rings is 1. The molecule has 0 fully saturated rings. The van der Waals surface area contributed by atoms with E-state index in [9.17, 15) is 9.59 Å². The van der Waals surface area contributed by atoms with Crippen LogP contribution >= 0.6 is 0 Å². The van der Waals surface area contributed by atoms with E-state index in [1.807, 2.05) is 36.7 Å². The molecular weight excluding hydrogens is 280 g/mol. The van der Waals surface area contributed by atoms with E-state index in [4.69, 9.17) is 0 Å². The van der Waals surface area contributed by atoms with Crippen molar-refractivity contribution < 1.29 is 9.59 Å². The molecule has 2 N–H and O–H groups in total. The fraction of sp³-hybridized carbons (Fsp3) is 0.312. The minimum atomic E-state index is -0.157. The highest BCUT2D eigenvalue weighted by atomic mass is 16.2. The van der Waals surface area contributed by atoms with Gasteiger partial charge >= 0.3 is 0 Å². The molecule has 22 heavy (non-hydrogen) atoms. The van der Waals surface area contributed by atoms with Crippen molar-refractivity contribution in [3.8, 4) is 5.69 Å². The summed E-state index contributed by atoms with van der Waals surface area (Å²) in [5, 5.41) is 5.53. The summed E-state index contributed by atoms with van der Waals surface area (Å²) in [5.41, 5.74) is 1.53. The molecule has 0 atom stereocenters. The third-order valence-corrected chi connectivity index (χ3v) is 3.17. The van der Waals surface area contributed by atoms with E-state index in [0.717, 1.165) is 5.69 Å². The molecule has 0 aliphatic heterocycles. The molecule has 1 aromatic heterocycles. The molecule has 0 aliphatic carbocycles. The van der Waals surface area contributed by atoms with Gasteiger partial charge < -0.3 is 15.2 Å². The van der Waals surface area contributed by atoms with Crippen LogP contribution in [0.25, 0.3) is 5.69 Å². The van der Waals surface area contributed by atoms with Crippen LogP contribution in [0.3, 0.4) is 0 Å². The molecule has 2 rings (SSSR count). The number of aromatic nitrogens is 2. The molecule has 0 radical (unpaired) electrons. The average Bonchev–Trinajstić information content (AvgIpc) is 3.05. The van der Waals surface area contributed by atoms with E-state index in [-0.39, 0.29) is 17.7 Å². The van der Waals surface area contributed by atoms with Crippen molar-refractivity contribution in [2.45, 2.75) is 13.8 Å². The molecule has 6 heteroatoms. The highest BCUT2D eigenvalue weighted by Crippen LogP contribution is 2.09. The standard InChI is InChI=1S/C16H20N4O2/c1-12(2)15(21)18-7-8-19-16(22)13-3-5-14(6-4-13)20-10-9-17-11-20/h3-6,9-12H,7-8H2,1-2H3,(H,18,21)(H,19,22). The number of amides is 2. The number of rotatable bonds is 6. The van der Waals surface area contributed by atoms with Crippen LogP contribution in [-0.2, 0) is 4.79 Å². The Hall–Kier alpha value is -2.63. The molecule has 0 saturated carbocycles. The van der Waals surface area contributed by atoms with Gasteiger partial charge in [0.2, 0.25) is 5.91 Å². The van der Waals surface area contributed by atoms with Crippen molar-refractivity contribution in [2.75, 3.05) is 13.1 Å². The maximum absolute atomic E-state index is 12.0. The van der Waals surface area contributed by atoms with Crippen LogP contribution in [0.15, 0.2) is 43.0 Å². The molecule has 0 bridgehead atoms. The summed E-state index contributed by atoms with van der Waals surface area (Å²) < 4.78 is 1.86. The zero-order valence-corrected chi connectivity index (χ0v) is 12.7. The number of carbonyl (C=O) groups is 2. The predicted octanol–water partition coefficient (Wildman–Crippen LogP) is 1.37. The van der Waals surface area contributed by atoms with Crippen molar-refractivity contribution >= 4 is 11.8 Å². The SMILES string of the molecule is CC(C)C(=O)NCCNC(=O)c1ccc(-n2ccnc2)cc1. The van der Waals surface area contributed by atoms with Crippen LogP contribution in [-0.4, -0.2) is 34.5 Å². The first-order valence-corrected chi connectivity index (χ1v) is 7.22. The van der Waals surface area contributed by atoms with E-state index in [2.05, 4.69) is 15.6 Å². The van der Waals surface area contributed by atoms with Gasteiger partial charge in [-0.05, 0) is 24.3 Å². The predicted molar refractivity (Wildman–Crippen MR) is 83.7 cm³/mol. The lowest BCUT2D eigenvalue weighted by Gasteiger charge is -2.09. The van der Waals surface area contributed by atoms with E-state index < -0.39 is 0 Å². The normalized spacial score (nSPS) is 10.5. The molecule has 0 spiro atoms. The van der Waals surface area contributed by atoms with Gasteiger partial charge in [-0.1, -0.05) is 13.8 Å². The van der Waals surface area contributed by atoms with E-state index in [1.165, 1.54) is 0 Å². The van der Waals surface area contributed by atoms with Gasteiger partial charge in [-0.2, -0.15) is 0 Å². The Morgan fingerprint density at radius 1 is 1.14 bits per heavy atom. The third-order valence-electron chi connectivity index (χ3n) is 3.17. The molecule has 1 heterocycles. The quantitative estimate of drug-likeness (QED) is 0.791. The summed E-state index contributed by atoms with van der Waals surface area (Å²) in [6.45, 7) is 4.49. The lowest BCUT2D eigenvalue weighted by Crippen LogP contribution is -2.36. The summed E-state index contributed by atoms with van der Waals surface area (Å²) in [6, 6.07) is 7.24. The summed E-state index contributed by atoms with van der Waals surface area (Å²) in [4.78, 5) is 27.3. The topological polar surface area (TPSA) is 76.0 Å². The van der Waals surface area contributed by atoms with Crippen molar-refractivity contribution in [1.82, 2.24) is 20.2 Å². The molecule has 0 unspecified atom stereocenters. The van der Waals surface area contributed by atoms with Crippen molar-refractivity contribution in [2.24, 2.45) is 5.92 Å². The highest BCUT2D eigenvalue weighted by Gasteiger charge is 2.07.